The summed E-state index contributed by atoms with van der Waals surface area (Å²) in [6.07, 6.45) is 0. The molecule has 0 aliphatic heterocycles. The van der Waals surface area contributed by atoms with Crippen LogP contribution in [0, 0.1) is 0 Å². The fraction of sp³-hybridized carbons (Fsp3) is 0.0833. The largest absolute Gasteiger partial charge is 0.479 e. The van der Waals surface area contributed by atoms with Gasteiger partial charge in [0.25, 0.3) is 0 Å². The van der Waals surface area contributed by atoms with Gasteiger partial charge < -0.3 is 15.8 Å². The molecule has 0 fully saturated rings. The van der Waals surface area contributed by atoms with E-state index in [2.05, 4.69) is 42.2 Å². The Morgan fingerprint density at radius 1 is 1.22 bits per heavy atom. The minimum atomic E-state index is 0.408. The first-order valence-electron chi connectivity index (χ1n) is 5.12. The molecule has 0 radical (unpaired) electrons. The molecule has 1 aromatic heterocycles. The van der Waals surface area contributed by atoms with E-state index in [0.717, 1.165) is 14.6 Å². The molecule has 0 atom stereocenters. The second kappa shape index (κ2) is 5.58. The van der Waals surface area contributed by atoms with Crippen LogP contribution in [0.3, 0.4) is 0 Å². The van der Waals surface area contributed by atoms with Crippen LogP contribution in [0.4, 0.5) is 17.2 Å². The number of rotatable bonds is 3. The van der Waals surface area contributed by atoms with Crippen LogP contribution in [0.25, 0.3) is 0 Å². The maximum absolute atomic E-state index is 5.72. The summed E-state index contributed by atoms with van der Waals surface area (Å²) < 4.78 is 7.01. The maximum Gasteiger partial charge on any atom is 0.238 e. The summed E-state index contributed by atoms with van der Waals surface area (Å²) in [5.41, 5.74) is 7.13. The third kappa shape index (κ3) is 2.94. The van der Waals surface area contributed by atoms with Gasteiger partial charge in [-0.1, -0.05) is 15.9 Å². The molecular weight excluding hydrogens is 362 g/mol. The highest BCUT2D eigenvalue weighted by atomic mass is 79.9. The number of nitrogen functional groups attached to an aromatic ring is 1. The lowest BCUT2D eigenvalue weighted by Crippen LogP contribution is -1.99. The van der Waals surface area contributed by atoms with Crippen LogP contribution >= 0.6 is 31.9 Å². The Morgan fingerprint density at radius 2 is 2.00 bits per heavy atom. The van der Waals surface area contributed by atoms with E-state index in [1.807, 2.05) is 18.2 Å². The van der Waals surface area contributed by atoms with Crippen molar-refractivity contribution in [3.05, 3.63) is 39.3 Å². The molecule has 0 spiro atoms. The van der Waals surface area contributed by atoms with Crippen LogP contribution in [-0.4, -0.2) is 12.1 Å². The van der Waals surface area contributed by atoms with E-state index in [0.29, 0.717) is 17.4 Å². The molecule has 0 aliphatic rings. The normalized spacial score (nSPS) is 10.2. The molecule has 6 heteroatoms. The third-order valence-corrected chi connectivity index (χ3v) is 3.46. The van der Waals surface area contributed by atoms with Gasteiger partial charge in [-0.3, -0.25) is 0 Å². The van der Waals surface area contributed by atoms with Gasteiger partial charge in [0.15, 0.2) is 0 Å². The number of methoxy groups -OCH3 is 1. The van der Waals surface area contributed by atoms with Crippen molar-refractivity contribution in [1.82, 2.24) is 4.98 Å². The Labute approximate surface area is 122 Å². The standard InChI is InChI=1S/C12H11Br2N3O/c1-18-12-9(15)4-5-11(17-12)16-10-6-7(13)2-3-8(10)14/h2-6H,15H2,1H3,(H,16,17). The molecule has 4 nitrogen and oxygen atoms in total. The highest BCUT2D eigenvalue weighted by molar-refractivity contribution is 9.11. The fourth-order valence-electron chi connectivity index (χ4n) is 1.42. The molecule has 0 saturated carbocycles. The quantitative estimate of drug-likeness (QED) is 0.856. The van der Waals surface area contributed by atoms with E-state index in [-0.39, 0.29) is 0 Å². The number of hydrogen-bond donors (Lipinski definition) is 2. The monoisotopic (exact) mass is 371 g/mol. The van der Waals surface area contributed by atoms with Crippen molar-refractivity contribution in [2.24, 2.45) is 0 Å². The van der Waals surface area contributed by atoms with Crippen LogP contribution in [0.15, 0.2) is 39.3 Å². The Kier molecular flexibility index (Phi) is 4.08. The highest BCUT2D eigenvalue weighted by Gasteiger charge is 2.05. The first kappa shape index (κ1) is 13.2. The average Bonchev–Trinajstić information content (AvgIpc) is 2.36. The average molecular weight is 373 g/mol. The number of hydrogen-bond acceptors (Lipinski definition) is 4. The third-order valence-electron chi connectivity index (χ3n) is 2.27. The van der Waals surface area contributed by atoms with Gasteiger partial charge in [-0.2, -0.15) is 4.98 Å². The van der Waals surface area contributed by atoms with Gasteiger partial charge in [0, 0.05) is 8.95 Å². The van der Waals surface area contributed by atoms with Crippen LogP contribution in [0.5, 0.6) is 5.88 Å². The van der Waals surface area contributed by atoms with Gasteiger partial charge in [0.1, 0.15) is 5.82 Å². The molecular formula is C12H11Br2N3O. The molecule has 0 amide bonds. The first-order chi connectivity index (χ1) is 8.60. The Morgan fingerprint density at radius 3 is 2.72 bits per heavy atom. The summed E-state index contributed by atoms with van der Waals surface area (Å²) in [5.74, 6) is 1.07. The lowest BCUT2D eigenvalue weighted by Gasteiger charge is -2.10. The number of anilines is 3. The van der Waals surface area contributed by atoms with Gasteiger partial charge in [0.2, 0.25) is 5.88 Å². The summed E-state index contributed by atoms with van der Waals surface area (Å²) in [5, 5.41) is 3.19. The molecule has 3 N–H and O–H groups in total. The van der Waals surface area contributed by atoms with E-state index < -0.39 is 0 Å². The van der Waals surface area contributed by atoms with E-state index >= 15 is 0 Å². The minimum absolute atomic E-state index is 0.408. The SMILES string of the molecule is COc1nc(Nc2cc(Br)ccc2Br)ccc1N. The molecule has 94 valence electrons. The van der Waals surface area contributed by atoms with Crippen molar-refractivity contribution < 1.29 is 4.74 Å². The number of nitrogens with zero attached hydrogens (tertiary/aromatic N) is 1. The predicted octanol–water partition coefficient (Wildman–Crippen LogP) is 3.94. The molecule has 2 rings (SSSR count). The highest BCUT2D eigenvalue weighted by Crippen LogP contribution is 2.29. The van der Waals surface area contributed by atoms with Gasteiger partial charge >= 0.3 is 0 Å². The summed E-state index contributed by atoms with van der Waals surface area (Å²) >= 11 is 6.89. The molecule has 1 heterocycles. The molecule has 0 saturated heterocycles. The smallest absolute Gasteiger partial charge is 0.238 e. The zero-order chi connectivity index (χ0) is 13.1. The van der Waals surface area contributed by atoms with E-state index in [9.17, 15) is 0 Å². The van der Waals surface area contributed by atoms with Crippen LogP contribution in [-0.2, 0) is 0 Å². The van der Waals surface area contributed by atoms with Crippen molar-refractivity contribution in [2.75, 3.05) is 18.2 Å². The number of pyridine rings is 1. The van der Waals surface area contributed by atoms with Crippen LogP contribution in [0.1, 0.15) is 0 Å². The molecule has 1 aromatic carbocycles. The Balaban J connectivity index is 2.31. The van der Waals surface area contributed by atoms with E-state index in [1.54, 1.807) is 12.1 Å². The zero-order valence-corrected chi connectivity index (χ0v) is 12.7. The first-order valence-corrected chi connectivity index (χ1v) is 6.71. The molecule has 0 unspecified atom stereocenters. The molecule has 0 aliphatic carbocycles. The fourth-order valence-corrected chi connectivity index (χ4v) is 2.12. The predicted molar refractivity (Wildman–Crippen MR) is 80.3 cm³/mol. The molecule has 0 bridgehead atoms. The van der Waals surface area contributed by atoms with Gasteiger partial charge in [-0.25, -0.2) is 0 Å². The number of aromatic nitrogens is 1. The van der Waals surface area contributed by atoms with E-state index in [4.69, 9.17) is 10.5 Å². The summed E-state index contributed by atoms with van der Waals surface area (Å²) in [4.78, 5) is 4.26. The van der Waals surface area contributed by atoms with E-state index in [1.165, 1.54) is 7.11 Å². The lowest BCUT2D eigenvalue weighted by molar-refractivity contribution is 0.401. The van der Waals surface area contributed by atoms with Crippen molar-refractivity contribution in [2.45, 2.75) is 0 Å². The molecule has 18 heavy (non-hydrogen) atoms. The summed E-state index contributed by atoms with van der Waals surface area (Å²) in [6.45, 7) is 0. The zero-order valence-electron chi connectivity index (χ0n) is 9.58. The minimum Gasteiger partial charge on any atom is -0.479 e. The van der Waals surface area contributed by atoms with Gasteiger partial charge in [0.05, 0.1) is 18.5 Å². The van der Waals surface area contributed by atoms with Crippen molar-refractivity contribution in [1.29, 1.82) is 0 Å². The Bertz CT molecular complexity index is 575. The van der Waals surface area contributed by atoms with Crippen LogP contribution < -0.4 is 15.8 Å². The van der Waals surface area contributed by atoms with Crippen molar-refractivity contribution in [3.63, 3.8) is 0 Å². The maximum atomic E-state index is 5.72. The number of nitrogens with two attached hydrogens (primary N) is 1. The number of benzene rings is 1. The molecule has 2 aromatic rings. The number of ether oxygens (including phenoxy) is 1. The second-order valence-electron chi connectivity index (χ2n) is 3.54. The van der Waals surface area contributed by atoms with Crippen molar-refractivity contribution in [3.8, 4) is 5.88 Å². The number of nitrogens with one attached hydrogen (secondary N) is 1. The Hall–Kier alpha value is -1.27. The lowest BCUT2D eigenvalue weighted by atomic mass is 10.3. The van der Waals surface area contributed by atoms with Crippen molar-refractivity contribution >= 4 is 49.1 Å². The van der Waals surface area contributed by atoms with Crippen LogP contribution in [0.2, 0.25) is 0 Å². The summed E-state index contributed by atoms with van der Waals surface area (Å²) in [6, 6.07) is 9.40. The van der Waals surface area contributed by atoms with Gasteiger partial charge in [-0.05, 0) is 46.3 Å². The number of halogens is 2. The summed E-state index contributed by atoms with van der Waals surface area (Å²) in [7, 11) is 1.54. The van der Waals surface area contributed by atoms with Gasteiger partial charge in [-0.15, -0.1) is 0 Å². The topological polar surface area (TPSA) is 60.2 Å². The second-order valence-corrected chi connectivity index (χ2v) is 5.31.